The molecule has 1 fully saturated rings. The van der Waals surface area contributed by atoms with E-state index in [1.54, 1.807) is 140 Å². The molecule has 4 aromatic rings. The molecule has 1 aliphatic heterocycles. The summed E-state index contributed by atoms with van der Waals surface area (Å²) in [5.41, 5.74) is -0.308. The van der Waals surface area contributed by atoms with Crippen molar-refractivity contribution in [1.82, 2.24) is 40.4 Å². The summed E-state index contributed by atoms with van der Waals surface area (Å²) in [6.45, 7) is 21.9. The minimum atomic E-state index is -2.06. The number of rotatable bonds is 38. The van der Waals surface area contributed by atoms with E-state index in [2.05, 4.69) is 16.0 Å². The van der Waals surface area contributed by atoms with Crippen LogP contribution in [-0.4, -0.2) is 208 Å². The van der Waals surface area contributed by atoms with E-state index < -0.39 is 155 Å². The molecule has 4 N–H and O–H groups in total. The van der Waals surface area contributed by atoms with Crippen LogP contribution in [0.1, 0.15) is 162 Å². The number of amides is 8. The number of hydrogen-bond donors (Lipinski definition) is 4. The Hall–Kier alpha value is -9.03. The van der Waals surface area contributed by atoms with Crippen LogP contribution in [0.4, 0.5) is 4.79 Å². The van der Waals surface area contributed by atoms with Crippen molar-refractivity contribution in [3.63, 3.8) is 0 Å². The summed E-state index contributed by atoms with van der Waals surface area (Å²) in [6, 6.07) is 25.3. The van der Waals surface area contributed by atoms with Crippen molar-refractivity contribution >= 4 is 65.2 Å². The van der Waals surface area contributed by atoms with Gasteiger partial charge in [0.15, 0.2) is 24.5 Å². The highest BCUT2D eigenvalue weighted by Gasteiger charge is 2.48. The van der Waals surface area contributed by atoms with E-state index in [4.69, 9.17) is 18.9 Å². The number of esters is 2. The fraction of sp³-hybridized carbons (Fsp3) is 0.562. The lowest BCUT2D eigenvalue weighted by Gasteiger charge is -2.39. The Bertz CT molecular complexity index is 3470. The fourth-order valence-corrected chi connectivity index (χ4v) is 12.8. The number of ether oxygens (including phenoxy) is 4. The average molecular weight is 1440 g/mol. The minimum Gasteiger partial charge on any atom is -0.456 e. The zero-order chi connectivity index (χ0) is 77.3. The van der Waals surface area contributed by atoms with Gasteiger partial charge >= 0.3 is 18.0 Å². The second kappa shape index (κ2) is 40.3. The van der Waals surface area contributed by atoms with Crippen LogP contribution >= 0.6 is 0 Å². The van der Waals surface area contributed by atoms with Crippen LogP contribution in [0.15, 0.2) is 121 Å². The maximum absolute atomic E-state index is 15.4. The molecule has 5 rings (SSSR count). The number of carbonyl (C=O) groups is 11. The third-order valence-electron chi connectivity index (χ3n) is 18.9. The van der Waals surface area contributed by atoms with Gasteiger partial charge in [0, 0.05) is 65.7 Å². The molecule has 1 aliphatic rings. The summed E-state index contributed by atoms with van der Waals surface area (Å²) in [5, 5.41) is 20.5. The van der Waals surface area contributed by atoms with Crippen LogP contribution in [0, 0.1) is 23.7 Å². The number of ketones is 1. The molecule has 0 aromatic heterocycles. The van der Waals surface area contributed by atoms with Gasteiger partial charge in [-0.15, -0.1) is 0 Å². The van der Waals surface area contributed by atoms with Crippen LogP contribution < -0.4 is 16.0 Å². The second-order valence-corrected chi connectivity index (χ2v) is 29.7. The monoisotopic (exact) mass is 1440 g/mol. The van der Waals surface area contributed by atoms with Gasteiger partial charge in [-0.3, -0.25) is 38.4 Å². The Morgan fingerprint density at radius 2 is 1.12 bits per heavy atom. The summed E-state index contributed by atoms with van der Waals surface area (Å²) in [4.78, 5) is 167. The molecule has 0 saturated carbocycles. The van der Waals surface area contributed by atoms with E-state index in [0.29, 0.717) is 36.1 Å². The van der Waals surface area contributed by atoms with Crippen LogP contribution in [0.5, 0.6) is 0 Å². The van der Waals surface area contributed by atoms with Crippen LogP contribution in [0.3, 0.4) is 0 Å². The summed E-state index contributed by atoms with van der Waals surface area (Å²) < 4.78 is 23.2. The molecule has 1 heterocycles. The van der Waals surface area contributed by atoms with E-state index in [1.165, 1.54) is 56.7 Å². The van der Waals surface area contributed by atoms with Gasteiger partial charge in [-0.2, -0.15) is 0 Å². The van der Waals surface area contributed by atoms with E-state index >= 15 is 28.8 Å². The smallest absolute Gasteiger partial charge is 0.408 e. The Morgan fingerprint density at radius 1 is 0.596 bits per heavy atom. The van der Waals surface area contributed by atoms with Gasteiger partial charge in [0.25, 0.3) is 5.91 Å². The molecular weight excluding hydrogens is 1330 g/mol. The van der Waals surface area contributed by atoms with Crippen molar-refractivity contribution in [2.24, 2.45) is 23.7 Å². The first-order chi connectivity index (χ1) is 49.0. The van der Waals surface area contributed by atoms with Gasteiger partial charge in [-0.05, 0) is 108 Å². The van der Waals surface area contributed by atoms with Crippen molar-refractivity contribution in [3.05, 3.63) is 144 Å². The molecule has 1 saturated heterocycles. The number of carbonyl (C=O) groups excluding carboxylic acids is 11. The molecule has 24 heteroatoms. The van der Waals surface area contributed by atoms with Gasteiger partial charge in [-0.25, -0.2) is 14.4 Å². The Balaban J connectivity index is 1.42. The average Bonchev–Trinajstić information content (AvgIpc) is 1.04. The fourth-order valence-electron chi connectivity index (χ4n) is 12.8. The number of likely N-dealkylation sites (tertiary alicyclic amines) is 1. The Morgan fingerprint density at radius 3 is 1.64 bits per heavy atom. The normalized spacial score (nSPS) is 16.0. The highest BCUT2D eigenvalue weighted by Crippen LogP contribution is 2.28. The van der Waals surface area contributed by atoms with Crippen LogP contribution in [0.25, 0.3) is 0 Å². The number of likely N-dealkylation sites (N-methyl/N-ethyl adjacent to an activating group) is 4. The van der Waals surface area contributed by atoms with Crippen molar-refractivity contribution in [2.75, 3.05) is 47.9 Å². The summed E-state index contributed by atoms with van der Waals surface area (Å²) in [5.74, 6) is -9.31. The van der Waals surface area contributed by atoms with Crippen molar-refractivity contribution < 1.29 is 76.8 Å². The molecule has 11 atom stereocenters. The van der Waals surface area contributed by atoms with Gasteiger partial charge in [0.05, 0.1) is 12.2 Å². The molecular formula is C80H114N8O16. The second-order valence-electron chi connectivity index (χ2n) is 29.7. The highest BCUT2D eigenvalue weighted by molar-refractivity contribution is 6.00. The van der Waals surface area contributed by atoms with Crippen LogP contribution in [0.2, 0.25) is 0 Å². The van der Waals surface area contributed by atoms with Crippen molar-refractivity contribution in [3.8, 4) is 0 Å². The zero-order valence-electron chi connectivity index (χ0n) is 64.1. The van der Waals surface area contributed by atoms with Crippen molar-refractivity contribution in [1.29, 1.82) is 0 Å². The lowest BCUT2D eigenvalue weighted by atomic mass is 9.94. The Labute approximate surface area is 615 Å². The molecule has 0 bridgehead atoms. The van der Waals surface area contributed by atoms with Gasteiger partial charge in [0.2, 0.25) is 35.4 Å². The summed E-state index contributed by atoms with van der Waals surface area (Å²) >= 11 is 0. The van der Waals surface area contributed by atoms with E-state index in [1.807, 2.05) is 57.2 Å². The molecule has 0 radical (unpaired) electrons. The number of benzene rings is 4. The molecule has 24 nitrogen and oxygen atoms in total. The number of hydrogen-bond acceptors (Lipinski definition) is 16. The predicted molar refractivity (Wildman–Crippen MR) is 395 cm³/mol. The maximum Gasteiger partial charge on any atom is 0.408 e. The third-order valence-corrected chi connectivity index (χ3v) is 18.9. The van der Waals surface area contributed by atoms with E-state index in [0.717, 1.165) is 15.4 Å². The predicted octanol–water partition coefficient (Wildman–Crippen LogP) is 8.53. The SMILES string of the molecule is CC[C@@H](C)[C@H](NC(=O)OC(C)(C)C)C(=O)N(C)[C@@H](CCCOCc1ccccc1)C(=O)N[C@@H](CC(C)C)C(=O)N(C)[C@H](C(=O)O[C@H](C(=O)N(C)[C@H](C(=O)N[C@@H](Cc1ccccc1)C(=O)N(C)[C@@H](Cc1ccccc1)C(=O)N1CCC[C@H]1C(=O)OCC(=O)c1ccccc1)C(C)C)[C@H](C)CC)C(C)(C)O. The number of alkyl carbamates (subject to hydrolysis) is 1. The number of nitrogens with one attached hydrogen (secondary N) is 3. The minimum absolute atomic E-state index is 0.0142. The highest BCUT2D eigenvalue weighted by atomic mass is 16.6. The largest absolute Gasteiger partial charge is 0.456 e. The molecule has 570 valence electrons. The molecule has 8 amide bonds. The molecule has 0 unspecified atom stereocenters. The number of nitrogens with zero attached hydrogens (tertiary/aromatic N) is 5. The topological polar surface area (TPSA) is 297 Å². The van der Waals surface area contributed by atoms with Gasteiger partial charge in [-0.1, -0.05) is 183 Å². The molecule has 0 aliphatic carbocycles. The quantitative estimate of drug-likeness (QED) is 0.0141. The maximum atomic E-state index is 15.4. The lowest BCUT2D eigenvalue weighted by molar-refractivity contribution is -0.177. The molecule has 4 aromatic carbocycles. The zero-order valence-corrected chi connectivity index (χ0v) is 64.1. The van der Waals surface area contributed by atoms with Crippen molar-refractivity contribution in [2.45, 2.75) is 220 Å². The molecule has 104 heavy (non-hydrogen) atoms. The Kier molecular flexibility index (Phi) is 33.2. The van der Waals surface area contributed by atoms with E-state index in [9.17, 15) is 29.1 Å². The first kappa shape index (κ1) is 85.6. The summed E-state index contributed by atoms with van der Waals surface area (Å²) in [6.07, 6.45) is -0.677. The first-order valence-corrected chi connectivity index (χ1v) is 36.4. The van der Waals surface area contributed by atoms with Crippen LogP contribution in [-0.2, 0) is 81.5 Å². The van der Waals surface area contributed by atoms with Gasteiger partial charge in [0.1, 0.15) is 47.9 Å². The first-order valence-electron chi connectivity index (χ1n) is 36.4. The molecule has 0 spiro atoms. The summed E-state index contributed by atoms with van der Waals surface area (Å²) in [7, 11) is 5.56. The van der Waals surface area contributed by atoms with E-state index in [-0.39, 0.29) is 64.0 Å². The third kappa shape index (κ3) is 25.1. The standard InChI is InChI=1S/C80H114N8O16/c1-18-53(7)65(83-78(99)104-79(9,10)11)74(95)84(14)61(43-33-45-101-49-57-38-28-22-29-39-57)69(90)81-59(46-51(3)4)72(93)87(17)68(80(12,13)100)77(98)103-67(54(8)19-2)75(96)86(16)66(52(5)6)70(91)82-60(47-55-34-24-20-25-35-55)71(92)85(15)63(48-56-36-26-21-27-37-56)73(94)88-44-32-42-62(88)76(97)102-50-64(89)58-40-30-23-31-41-58/h20-31,34-41,51-54,59-63,65-68,100H,18-19,32-33,42-50H2,1-17H3,(H,81,90)(H,82,91)(H,83,99)/t53-,54-,59+,60+,61+,62+,63+,65+,66+,67+,68-/m1/s1. The lowest BCUT2D eigenvalue weighted by Crippen LogP contribution is -2.62. The number of Topliss-reactive ketones (excluding diaryl/α,β-unsaturated/α-hetero) is 1. The number of aliphatic hydroxyl groups is 1. The van der Waals surface area contributed by atoms with Gasteiger partial charge < -0.3 is 64.5 Å².